The first kappa shape index (κ1) is 22.6. The second-order valence-corrected chi connectivity index (χ2v) is 11.2. The first-order chi connectivity index (χ1) is 12.6. The van der Waals surface area contributed by atoms with E-state index in [0.717, 1.165) is 4.90 Å². The molecule has 10 nitrogen and oxygen atoms in total. The van der Waals surface area contributed by atoms with Gasteiger partial charge in [0.05, 0.1) is 5.41 Å². The highest BCUT2D eigenvalue weighted by molar-refractivity contribution is 7.94. The van der Waals surface area contributed by atoms with Crippen molar-refractivity contribution in [2.75, 3.05) is 13.2 Å². The molecule has 2 saturated heterocycles. The van der Waals surface area contributed by atoms with Crippen LogP contribution in [0, 0.1) is 11.3 Å². The molecule has 0 saturated carbocycles. The second-order valence-electron chi connectivity index (χ2n) is 8.59. The van der Waals surface area contributed by atoms with E-state index in [9.17, 15) is 27.9 Å². The topological polar surface area (TPSA) is 153 Å². The summed E-state index contributed by atoms with van der Waals surface area (Å²) in [7, 11) is -4.17. The predicted octanol–water partition coefficient (Wildman–Crippen LogP) is -0.288. The van der Waals surface area contributed by atoms with Crippen LogP contribution in [-0.2, 0) is 33.7 Å². The quantitative estimate of drug-likeness (QED) is 0.335. The first-order valence-electron chi connectivity index (χ1n) is 8.93. The molecule has 3 N–H and O–H groups in total. The number of β-lactam (4-membered cyclic amide) rings is 1. The number of fused-ring (bicyclic) bond motifs is 1. The zero-order valence-corrected chi connectivity index (χ0v) is 17.7. The average molecular weight is 420 g/mol. The van der Waals surface area contributed by atoms with E-state index < -0.39 is 67.5 Å². The molecule has 0 bridgehead atoms. The van der Waals surface area contributed by atoms with Crippen molar-refractivity contribution in [1.82, 2.24) is 4.90 Å². The maximum atomic E-state index is 13.2. The van der Waals surface area contributed by atoms with Gasteiger partial charge in [-0.15, -0.1) is 0 Å². The van der Waals surface area contributed by atoms with Crippen LogP contribution in [0.1, 0.15) is 41.5 Å². The molecular weight excluding hydrogens is 392 g/mol. The van der Waals surface area contributed by atoms with Crippen LogP contribution in [0.2, 0.25) is 0 Å². The average Bonchev–Trinajstić information content (AvgIpc) is 2.64. The zero-order chi connectivity index (χ0) is 21.9. The molecule has 2 rings (SSSR count). The second kappa shape index (κ2) is 6.67. The van der Waals surface area contributed by atoms with E-state index in [-0.39, 0.29) is 6.61 Å². The molecule has 0 aromatic rings. The van der Waals surface area contributed by atoms with Gasteiger partial charge in [0.1, 0.15) is 23.5 Å². The van der Waals surface area contributed by atoms with Crippen molar-refractivity contribution in [2.24, 2.45) is 17.1 Å². The number of ether oxygens (including phenoxy) is 2. The number of carbonyl (C=O) groups excluding carboxylic acids is 2. The van der Waals surface area contributed by atoms with Crippen LogP contribution >= 0.6 is 0 Å². The van der Waals surface area contributed by atoms with Crippen LogP contribution in [0.25, 0.3) is 0 Å². The number of hydrogen-bond donors (Lipinski definition) is 2. The maximum absolute atomic E-state index is 13.2. The van der Waals surface area contributed by atoms with Gasteiger partial charge in [-0.3, -0.25) is 9.59 Å². The zero-order valence-electron chi connectivity index (χ0n) is 16.9. The van der Waals surface area contributed by atoms with Crippen LogP contribution in [0.4, 0.5) is 0 Å². The fraction of sp³-hybridized carbons (Fsp3) is 0.824. The van der Waals surface area contributed by atoms with Crippen molar-refractivity contribution in [2.45, 2.75) is 63.4 Å². The smallest absolute Gasteiger partial charge is 0.334 e. The fourth-order valence-electron chi connectivity index (χ4n) is 3.70. The minimum absolute atomic E-state index is 0.161. The van der Waals surface area contributed by atoms with E-state index in [1.54, 1.807) is 27.7 Å². The third-order valence-corrected chi connectivity index (χ3v) is 8.51. The lowest BCUT2D eigenvalue weighted by atomic mass is 9.79. The molecule has 4 atom stereocenters. The standard InChI is InChI=1S/C17H28N2O8S/c1-7-26-10(18)9-11(20)19-12(9)28(24,25)16(5,6)17(19,13(21)22)8-27-14(23)15(2,3)4/h9-10,12H,7-8,18H2,1-6H3,(H,21,22)/t9-,10?,12-,17+/m1/s1. The Kier molecular flexibility index (Phi) is 5.37. The lowest BCUT2D eigenvalue weighted by molar-refractivity contribution is -0.190. The molecule has 0 spiro atoms. The molecule has 0 aliphatic carbocycles. The van der Waals surface area contributed by atoms with Gasteiger partial charge in [-0.2, -0.15) is 0 Å². The van der Waals surface area contributed by atoms with Crippen LogP contribution < -0.4 is 5.73 Å². The SMILES string of the molecule is CCOC(N)[C@@H]1C(=O)N2[C@@H]1S(=O)(=O)C(C)(C)[C@]2(COC(=O)C(C)(C)C)C(=O)O. The molecule has 0 radical (unpaired) electrons. The van der Waals surface area contributed by atoms with Gasteiger partial charge in [0.15, 0.2) is 20.8 Å². The summed E-state index contributed by atoms with van der Waals surface area (Å²) in [5, 5.41) is 8.55. The van der Waals surface area contributed by atoms with Gasteiger partial charge in [-0.25, -0.2) is 13.2 Å². The van der Waals surface area contributed by atoms with Crippen molar-refractivity contribution < 1.29 is 37.4 Å². The summed E-state index contributed by atoms with van der Waals surface area (Å²) in [6, 6.07) is 0. The Morgan fingerprint density at radius 3 is 2.29 bits per heavy atom. The summed E-state index contributed by atoms with van der Waals surface area (Å²) < 4.78 is 34.8. The van der Waals surface area contributed by atoms with Gasteiger partial charge in [-0.1, -0.05) is 0 Å². The third kappa shape index (κ3) is 2.74. The molecule has 0 aromatic carbocycles. The van der Waals surface area contributed by atoms with E-state index in [1.807, 2.05) is 0 Å². The normalized spacial score (nSPS) is 31.7. The van der Waals surface area contributed by atoms with E-state index in [2.05, 4.69) is 0 Å². The highest BCUT2D eigenvalue weighted by atomic mass is 32.2. The van der Waals surface area contributed by atoms with Crippen molar-refractivity contribution in [3.8, 4) is 0 Å². The van der Waals surface area contributed by atoms with Crippen molar-refractivity contribution in [3.63, 3.8) is 0 Å². The van der Waals surface area contributed by atoms with E-state index in [0.29, 0.717) is 0 Å². The highest BCUT2D eigenvalue weighted by Crippen LogP contribution is 2.55. The maximum Gasteiger partial charge on any atom is 0.334 e. The van der Waals surface area contributed by atoms with Gasteiger partial charge in [-0.05, 0) is 41.5 Å². The number of carboxylic acids is 1. The number of amides is 1. The van der Waals surface area contributed by atoms with Gasteiger partial charge >= 0.3 is 11.9 Å². The Morgan fingerprint density at radius 2 is 1.86 bits per heavy atom. The summed E-state index contributed by atoms with van der Waals surface area (Å²) in [6.45, 7) is 8.18. The van der Waals surface area contributed by atoms with Crippen LogP contribution in [0.15, 0.2) is 0 Å². The minimum Gasteiger partial charge on any atom is -0.479 e. The Balaban J connectivity index is 2.54. The lowest BCUT2D eigenvalue weighted by Gasteiger charge is -2.49. The van der Waals surface area contributed by atoms with Crippen molar-refractivity contribution in [3.05, 3.63) is 0 Å². The fourth-order valence-corrected chi connectivity index (χ4v) is 6.24. The number of esters is 1. The van der Waals surface area contributed by atoms with E-state index >= 15 is 0 Å². The number of aliphatic carboxylic acids is 1. The van der Waals surface area contributed by atoms with Crippen LogP contribution in [0.3, 0.4) is 0 Å². The van der Waals surface area contributed by atoms with Gasteiger partial charge in [0.2, 0.25) is 5.91 Å². The molecule has 2 aliphatic rings. The van der Waals surface area contributed by atoms with Crippen LogP contribution in [-0.4, -0.2) is 71.4 Å². The number of hydrogen-bond acceptors (Lipinski definition) is 8. The van der Waals surface area contributed by atoms with Crippen LogP contribution in [0.5, 0.6) is 0 Å². The monoisotopic (exact) mass is 420 g/mol. The van der Waals surface area contributed by atoms with Gasteiger partial charge in [0, 0.05) is 6.61 Å². The third-order valence-electron chi connectivity index (χ3n) is 5.61. The van der Waals surface area contributed by atoms with E-state index in [4.69, 9.17) is 15.2 Å². The summed E-state index contributed by atoms with van der Waals surface area (Å²) >= 11 is 0. The molecular formula is C17H28N2O8S. The first-order valence-corrected chi connectivity index (χ1v) is 10.5. The molecule has 28 heavy (non-hydrogen) atoms. The number of carbonyl (C=O) groups is 3. The molecule has 1 unspecified atom stereocenters. The summed E-state index contributed by atoms with van der Waals surface area (Å²) in [6.07, 6.45) is -1.19. The Labute approximate surface area is 164 Å². The molecule has 2 aliphatic heterocycles. The predicted molar refractivity (Wildman–Crippen MR) is 97.5 cm³/mol. The Hall–Kier alpha value is -1.72. The summed E-state index contributed by atoms with van der Waals surface area (Å²) in [5.41, 5.74) is 2.62. The largest absolute Gasteiger partial charge is 0.479 e. The van der Waals surface area contributed by atoms with Gasteiger partial charge < -0.3 is 25.2 Å². The summed E-state index contributed by atoms with van der Waals surface area (Å²) in [4.78, 5) is 38.1. The molecule has 1 amide bonds. The summed E-state index contributed by atoms with van der Waals surface area (Å²) in [5.74, 6) is -4.25. The number of sulfone groups is 1. The highest BCUT2D eigenvalue weighted by Gasteiger charge is 2.81. The lowest BCUT2D eigenvalue weighted by Crippen LogP contribution is -2.74. The number of nitrogens with zero attached hydrogens (tertiary/aromatic N) is 1. The van der Waals surface area contributed by atoms with E-state index in [1.165, 1.54) is 13.8 Å². The molecule has 2 fully saturated rings. The Morgan fingerprint density at radius 1 is 1.32 bits per heavy atom. The molecule has 160 valence electrons. The number of nitrogens with two attached hydrogens (primary N) is 1. The molecule has 2 heterocycles. The Bertz CT molecular complexity index is 800. The minimum atomic E-state index is -4.17. The van der Waals surface area contributed by atoms with Crippen molar-refractivity contribution in [1.29, 1.82) is 0 Å². The number of carboxylic acid groups (broad SMARTS) is 1. The molecule has 11 heteroatoms. The number of rotatable bonds is 6. The van der Waals surface area contributed by atoms with Crippen molar-refractivity contribution >= 4 is 27.7 Å². The van der Waals surface area contributed by atoms with Gasteiger partial charge in [0.25, 0.3) is 0 Å². The molecule has 0 aromatic heterocycles.